The van der Waals surface area contributed by atoms with Crippen molar-refractivity contribution in [2.75, 3.05) is 0 Å². The van der Waals surface area contributed by atoms with Gasteiger partial charge in [-0.3, -0.25) is 14.8 Å². The summed E-state index contributed by atoms with van der Waals surface area (Å²) in [7, 11) is 0. The molecule has 0 bridgehead atoms. The Morgan fingerprint density at radius 3 is 2.77 bits per heavy atom. The van der Waals surface area contributed by atoms with Crippen molar-refractivity contribution in [2.24, 2.45) is 10.7 Å². The van der Waals surface area contributed by atoms with Crippen LogP contribution in [-0.4, -0.2) is 17.6 Å². The summed E-state index contributed by atoms with van der Waals surface area (Å²) in [5, 5.41) is 0. The van der Waals surface area contributed by atoms with E-state index in [1.165, 1.54) is 6.20 Å². The molecule has 0 radical (unpaired) electrons. The van der Waals surface area contributed by atoms with Gasteiger partial charge in [-0.25, -0.2) is 0 Å². The minimum absolute atomic E-state index is 0.257. The maximum absolute atomic E-state index is 10.9. The first-order valence-electron chi connectivity index (χ1n) is 3.57. The number of amides is 1. The normalized spacial score (nSPS) is 9.23. The van der Waals surface area contributed by atoms with Gasteiger partial charge in [0, 0.05) is 18.0 Å². The lowest BCUT2D eigenvalue weighted by atomic mass is 10.1. The fourth-order valence-corrected chi connectivity index (χ4v) is 0.976. The zero-order valence-electron chi connectivity index (χ0n) is 7.03. The van der Waals surface area contributed by atoms with Gasteiger partial charge in [0.25, 0.3) is 5.91 Å². The maximum Gasteiger partial charge on any atom is 0.252 e. The molecule has 0 saturated heterocycles. The molecule has 0 aliphatic carbocycles. The average Bonchev–Trinajstić information content (AvgIpc) is 2.16. The second kappa shape index (κ2) is 3.62. The molecule has 13 heavy (non-hydrogen) atoms. The Morgan fingerprint density at radius 2 is 2.31 bits per heavy atom. The Labute approximate surface area is 75.8 Å². The molecule has 1 heterocycles. The Balaban J connectivity index is 3.43. The lowest BCUT2D eigenvalue weighted by molar-refractivity contribution is 0.100. The van der Waals surface area contributed by atoms with Gasteiger partial charge in [0.1, 0.15) is 0 Å². The van der Waals surface area contributed by atoms with Crippen molar-refractivity contribution < 1.29 is 4.79 Å². The van der Waals surface area contributed by atoms with Crippen LogP contribution in [0.2, 0.25) is 0 Å². The van der Waals surface area contributed by atoms with Crippen molar-refractivity contribution in [3.8, 4) is 0 Å². The van der Waals surface area contributed by atoms with Crippen molar-refractivity contribution in [1.29, 1.82) is 0 Å². The van der Waals surface area contributed by atoms with Crippen LogP contribution >= 0.6 is 0 Å². The maximum atomic E-state index is 10.9. The van der Waals surface area contributed by atoms with E-state index in [-0.39, 0.29) is 5.56 Å². The number of aliphatic imine (C=N–C) groups is 1. The molecule has 0 unspecified atom stereocenters. The predicted octanol–water partition coefficient (Wildman–Crippen LogP) is 1.16. The van der Waals surface area contributed by atoms with Crippen molar-refractivity contribution in [2.45, 2.75) is 0 Å². The lowest BCUT2D eigenvalue weighted by Gasteiger charge is -2.03. The van der Waals surface area contributed by atoms with Gasteiger partial charge in [-0.15, -0.1) is 0 Å². The van der Waals surface area contributed by atoms with E-state index >= 15 is 0 Å². The summed E-state index contributed by atoms with van der Waals surface area (Å²) < 4.78 is 0. The quantitative estimate of drug-likeness (QED) is 0.700. The predicted molar refractivity (Wildman–Crippen MR) is 52.1 cm³/mol. The van der Waals surface area contributed by atoms with Crippen LogP contribution in [0.25, 0.3) is 6.08 Å². The molecule has 0 aromatic carbocycles. The van der Waals surface area contributed by atoms with E-state index < -0.39 is 5.91 Å². The van der Waals surface area contributed by atoms with Crippen molar-refractivity contribution in [1.82, 2.24) is 4.98 Å². The van der Waals surface area contributed by atoms with Gasteiger partial charge >= 0.3 is 0 Å². The monoisotopic (exact) mass is 175 g/mol. The Morgan fingerprint density at radius 1 is 1.62 bits per heavy atom. The molecule has 66 valence electrons. The van der Waals surface area contributed by atoms with Crippen molar-refractivity contribution in [3.05, 3.63) is 30.1 Å². The summed E-state index contributed by atoms with van der Waals surface area (Å²) in [4.78, 5) is 18.4. The number of carbonyl (C=O) groups is 1. The highest BCUT2D eigenvalue weighted by Gasteiger charge is 2.09. The van der Waals surface area contributed by atoms with E-state index in [4.69, 9.17) is 5.73 Å². The van der Waals surface area contributed by atoms with Crippen LogP contribution < -0.4 is 5.73 Å². The third kappa shape index (κ3) is 1.61. The second-order valence-corrected chi connectivity index (χ2v) is 2.35. The Hall–Kier alpha value is -1.97. The number of hydrogen-bond acceptors (Lipinski definition) is 3. The van der Waals surface area contributed by atoms with Crippen LogP contribution in [0, 0.1) is 0 Å². The summed E-state index contributed by atoms with van der Waals surface area (Å²) in [6.07, 6.45) is 4.45. The topological polar surface area (TPSA) is 68.3 Å². The Bertz CT molecular complexity index is 371. The molecule has 0 aliphatic heterocycles. The standard InChI is InChI=1S/C9H9N3O/c1-3-6-4-12-5-7(9(10)13)8(6)11-2/h3-5H,1-2H2,(H2,10,13). The number of nitrogens with two attached hydrogens (primary N) is 1. The third-order valence-electron chi connectivity index (χ3n) is 1.59. The van der Waals surface area contributed by atoms with Gasteiger partial charge in [-0.05, 0) is 6.72 Å². The van der Waals surface area contributed by atoms with Gasteiger partial charge in [0.05, 0.1) is 11.3 Å². The zero-order chi connectivity index (χ0) is 9.84. The van der Waals surface area contributed by atoms with Gasteiger partial charge in [-0.1, -0.05) is 12.7 Å². The van der Waals surface area contributed by atoms with Crippen molar-refractivity contribution in [3.63, 3.8) is 0 Å². The minimum Gasteiger partial charge on any atom is -0.365 e. The van der Waals surface area contributed by atoms with E-state index in [0.29, 0.717) is 11.3 Å². The van der Waals surface area contributed by atoms with Crippen LogP contribution in [0.1, 0.15) is 15.9 Å². The van der Waals surface area contributed by atoms with Crippen LogP contribution in [0.5, 0.6) is 0 Å². The molecule has 4 heteroatoms. The first-order chi connectivity index (χ1) is 6.20. The zero-order valence-corrected chi connectivity index (χ0v) is 7.03. The van der Waals surface area contributed by atoms with E-state index in [2.05, 4.69) is 23.3 Å². The summed E-state index contributed by atoms with van der Waals surface area (Å²) in [6, 6.07) is 0. The fourth-order valence-electron chi connectivity index (χ4n) is 0.976. The summed E-state index contributed by atoms with van der Waals surface area (Å²) in [6.45, 7) is 6.91. The molecule has 0 atom stereocenters. The molecule has 2 N–H and O–H groups in total. The largest absolute Gasteiger partial charge is 0.365 e. The third-order valence-corrected chi connectivity index (χ3v) is 1.59. The number of rotatable bonds is 3. The number of hydrogen-bond donors (Lipinski definition) is 1. The number of carbonyl (C=O) groups excluding carboxylic acids is 1. The van der Waals surface area contributed by atoms with Gasteiger partial charge in [-0.2, -0.15) is 0 Å². The number of pyridine rings is 1. The number of aromatic nitrogens is 1. The lowest BCUT2D eigenvalue weighted by Crippen LogP contribution is -2.11. The van der Waals surface area contributed by atoms with Crippen LogP contribution in [0.15, 0.2) is 24.0 Å². The van der Waals surface area contributed by atoms with E-state index in [1.54, 1.807) is 12.3 Å². The average molecular weight is 175 g/mol. The smallest absolute Gasteiger partial charge is 0.252 e. The van der Waals surface area contributed by atoms with Crippen molar-refractivity contribution >= 4 is 24.4 Å². The van der Waals surface area contributed by atoms with Gasteiger partial charge in [0.15, 0.2) is 0 Å². The van der Waals surface area contributed by atoms with E-state index in [9.17, 15) is 4.79 Å². The fraction of sp³-hybridized carbons (Fsp3) is 0. The molecule has 0 aliphatic rings. The highest BCUT2D eigenvalue weighted by Crippen LogP contribution is 2.22. The molecule has 0 fully saturated rings. The van der Waals surface area contributed by atoms with Gasteiger partial charge < -0.3 is 5.73 Å². The highest BCUT2D eigenvalue weighted by atomic mass is 16.1. The molecule has 0 saturated carbocycles. The van der Waals surface area contributed by atoms with Crippen LogP contribution in [-0.2, 0) is 0 Å². The molecule has 1 amide bonds. The molecule has 1 aromatic heterocycles. The Kier molecular flexibility index (Phi) is 2.54. The van der Waals surface area contributed by atoms with Crippen LogP contribution in [0.4, 0.5) is 5.69 Å². The number of nitrogens with zero attached hydrogens (tertiary/aromatic N) is 2. The molecular weight excluding hydrogens is 166 g/mol. The second-order valence-electron chi connectivity index (χ2n) is 2.35. The summed E-state index contributed by atoms with van der Waals surface area (Å²) in [5.41, 5.74) is 6.44. The first kappa shape index (κ1) is 9.12. The summed E-state index contributed by atoms with van der Waals surface area (Å²) in [5.74, 6) is -0.571. The molecule has 4 nitrogen and oxygen atoms in total. The highest BCUT2D eigenvalue weighted by molar-refractivity contribution is 5.99. The number of primary amides is 1. The molecule has 0 spiro atoms. The summed E-state index contributed by atoms with van der Waals surface area (Å²) >= 11 is 0. The van der Waals surface area contributed by atoms with E-state index in [0.717, 1.165) is 0 Å². The SMILES string of the molecule is C=Cc1cncc(C(N)=O)c1N=C. The first-order valence-corrected chi connectivity index (χ1v) is 3.57. The van der Waals surface area contributed by atoms with Crippen LogP contribution in [0.3, 0.4) is 0 Å². The molecular formula is C9H9N3O. The molecule has 1 rings (SSSR count). The van der Waals surface area contributed by atoms with Gasteiger partial charge in [0.2, 0.25) is 0 Å². The van der Waals surface area contributed by atoms with E-state index in [1.807, 2.05) is 0 Å². The minimum atomic E-state index is -0.571. The molecule has 1 aromatic rings.